The summed E-state index contributed by atoms with van der Waals surface area (Å²) in [5.74, 6) is 0. The van der Waals surface area contributed by atoms with Crippen molar-refractivity contribution in [1.29, 1.82) is 0 Å². The van der Waals surface area contributed by atoms with Gasteiger partial charge in [0.1, 0.15) is 0 Å². The molecule has 17 heavy (non-hydrogen) atoms. The van der Waals surface area contributed by atoms with Crippen LogP contribution in [0.3, 0.4) is 0 Å². The van der Waals surface area contributed by atoms with Crippen LogP contribution in [0.4, 0.5) is 13.2 Å². The Kier molecular flexibility index (Phi) is 4.16. The van der Waals surface area contributed by atoms with Gasteiger partial charge in [-0.1, -0.05) is 12.1 Å². The van der Waals surface area contributed by atoms with E-state index in [0.29, 0.717) is 0 Å². The van der Waals surface area contributed by atoms with Gasteiger partial charge in [0.25, 0.3) is 0 Å². The number of rotatable bonds is 3. The maximum absolute atomic E-state index is 12.4. The molecule has 0 aromatic heterocycles. The van der Waals surface area contributed by atoms with Crippen LogP contribution in [-0.2, 0) is 6.18 Å². The summed E-state index contributed by atoms with van der Waals surface area (Å²) in [5.41, 5.74) is 0.227. The first-order valence-corrected chi connectivity index (χ1v) is 5.23. The maximum atomic E-state index is 12.4. The molecule has 1 rings (SSSR count). The zero-order valence-electron chi connectivity index (χ0n) is 10.4. The van der Waals surface area contributed by atoms with E-state index >= 15 is 0 Å². The predicted octanol–water partition coefficient (Wildman–Crippen LogP) is 2.83. The molecule has 96 valence electrons. The molecule has 0 unspecified atom stereocenters. The van der Waals surface area contributed by atoms with Crippen LogP contribution in [0.5, 0.6) is 0 Å². The molecule has 0 fully saturated rings. The lowest BCUT2D eigenvalue weighted by atomic mass is 10.1. The third-order valence-corrected chi connectivity index (χ3v) is 2.51. The van der Waals surface area contributed by atoms with Crippen LogP contribution in [0.1, 0.15) is 17.3 Å². The van der Waals surface area contributed by atoms with Gasteiger partial charge in [0.05, 0.1) is 11.7 Å². The summed E-state index contributed by atoms with van der Waals surface area (Å²) in [6.45, 7) is 0. The summed E-state index contributed by atoms with van der Waals surface area (Å²) in [5, 5.41) is 0. The molecule has 0 spiro atoms. The third-order valence-electron chi connectivity index (χ3n) is 2.51. The van der Waals surface area contributed by atoms with Gasteiger partial charge in [-0.15, -0.1) is 0 Å². The van der Waals surface area contributed by atoms with Crippen molar-refractivity contribution in [2.24, 2.45) is 0 Å². The fraction of sp³-hybridized carbons (Fsp3) is 0.500. The lowest BCUT2D eigenvalue weighted by molar-refractivity contribution is -0.137. The fourth-order valence-electron chi connectivity index (χ4n) is 1.90. The Morgan fingerprint density at radius 2 is 1.29 bits per heavy atom. The van der Waals surface area contributed by atoms with E-state index in [1.54, 1.807) is 0 Å². The summed E-state index contributed by atoms with van der Waals surface area (Å²) in [4.78, 5) is 3.89. The SMILES string of the molecule is CN(C)C(c1ccc(C(F)(F)F)cc1)N(C)C. The molecule has 0 aliphatic rings. The number of alkyl halides is 3. The van der Waals surface area contributed by atoms with E-state index in [9.17, 15) is 13.2 Å². The number of hydrogen-bond donors (Lipinski definition) is 0. The largest absolute Gasteiger partial charge is 0.416 e. The molecule has 0 atom stereocenters. The third kappa shape index (κ3) is 3.44. The molecular formula is C12H17F3N2. The molecule has 0 aliphatic heterocycles. The van der Waals surface area contributed by atoms with E-state index in [4.69, 9.17) is 0 Å². The van der Waals surface area contributed by atoms with Crippen molar-refractivity contribution in [2.75, 3.05) is 28.2 Å². The van der Waals surface area contributed by atoms with Gasteiger partial charge < -0.3 is 0 Å². The standard InChI is InChI=1S/C12H17F3N2/c1-16(2)11(17(3)4)9-5-7-10(8-6-9)12(13,14)15/h5-8,11H,1-4H3. The summed E-state index contributed by atoms with van der Waals surface area (Å²) in [6, 6.07) is 5.28. The second kappa shape index (κ2) is 5.06. The minimum atomic E-state index is -4.27. The monoisotopic (exact) mass is 246 g/mol. The average molecular weight is 246 g/mol. The Morgan fingerprint density at radius 1 is 0.882 bits per heavy atom. The highest BCUT2D eigenvalue weighted by Crippen LogP contribution is 2.30. The highest BCUT2D eigenvalue weighted by molar-refractivity contribution is 5.26. The quantitative estimate of drug-likeness (QED) is 0.757. The Bertz CT molecular complexity index is 347. The van der Waals surface area contributed by atoms with Crippen LogP contribution in [-0.4, -0.2) is 38.0 Å². The van der Waals surface area contributed by atoms with Crippen LogP contribution in [0.2, 0.25) is 0 Å². The molecule has 5 heteroatoms. The van der Waals surface area contributed by atoms with Crippen LogP contribution >= 0.6 is 0 Å². The number of nitrogens with zero attached hydrogens (tertiary/aromatic N) is 2. The van der Waals surface area contributed by atoms with E-state index in [2.05, 4.69) is 0 Å². The number of hydrogen-bond acceptors (Lipinski definition) is 2. The van der Waals surface area contributed by atoms with Crippen molar-refractivity contribution >= 4 is 0 Å². The van der Waals surface area contributed by atoms with E-state index < -0.39 is 11.7 Å². The van der Waals surface area contributed by atoms with Gasteiger partial charge in [-0.25, -0.2) is 0 Å². The molecule has 0 aliphatic carbocycles. The zero-order valence-corrected chi connectivity index (χ0v) is 10.4. The van der Waals surface area contributed by atoms with Crippen molar-refractivity contribution in [3.63, 3.8) is 0 Å². The zero-order chi connectivity index (χ0) is 13.2. The van der Waals surface area contributed by atoms with Crippen LogP contribution < -0.4 is 0 Å². The van der Waals surface area contributed by atoms with Crippen molar-refractivity contribution in [3.05, 3.63) is 35.4 Å². The summed E-state index contributed by atoms with van der Waals surface area (Å²) in [7, 11) is 7.56. The van der Waals surface area contributed by atoms with Gasteiger partial charge in [-0.05, 0) is 45.9 Å². The lowest BCUT2D eigenvalue weighted by Crippen LogP contribution is -2.32. The topological polar surface area (TPSA) is 6.48 Å². The fourth-order valence-corrected chi connectivity index (χ4v) is 1.90. The Morgan fingerprint density at radius 3 is 1.59 bits per heavy atom. The van der Waals surface area contributed by atoms with Gasteiger partial charge in [0.2, 0.25) is 0 Å². The molecule has 0 N–H and O–H groups in total. The maximum Gasteiger partial charge on any atom is 0.416 e. The molecule has 2 nitrogen and oxygen atoms in total. The number of benzene rings is 1. The summed E-state index contributed by atoms with van der Waals surface area (Å²) >= 11 is 0. The van der Waals surface area contributed by atoms with Gasteiger partial charge in [0.15, 0.2) is 0 Å². The number of halogens is 3. The Labute approximate surface area is 99.6 Å². The molecule has 0 heterocycles. The van der Waals surface area contributed by atoms with E-state index in [1.807, 2.05) is 38.0 Å². The van der Waals surface area contributed by atoms with Crippen LogP contribution in [0, 0.1) is 0 Å². The Balaban J connectivity index is 3.01. The average Bonchev–Trinajstić information content (AvgIpc) is 2.15. The van der Waals surface area contributed by atoms with Crippen molar-refractivity contribution < 1.29 is 13.2 Å². The molecule has 0 bridgehead atoms. The van der Waals surface area contributed by atoms with Crippen molar-refractivity contribution in [1.82, 2.24) is 9.80 Å². The highest BCUT2D eigenvalue weighted by atomic mass is 19.4. The minimum absolute atomic E-state index is 0.0303. The van der Waals surface area contributed by atoms with Gasteiger partial charge in [-0.3, -0.25) is 9.80 Å². The van der Waals surface area contributed by atoms with E-state index in [1.165, 1.54) is 12.1 Å². The van der Waals surface area contributed by atoms with E-state index in [-0.39, 0.29) is 6.17 Å². The normalized spacial score (nSPS) is 12.8. The smallest absolute Gasteiger partial charge is 0.290 e. The van der Waals surface area contributed by atoms with Gasteiger partial charge in [-0.2, -0.15) is 13.2 Å². The first-order valence-electron chi connectivity index (χ1n) is 5.23. The molecule has 0 saturated heterocycles. The lowest BCUT2D eigenvalue weighted by Gasteiger charge is -2.31. The molecule has 0 radical (unpaired) electrons. The molecule has 1 aromatic carbocycles. The first kappa shape index (κ1) is 14.0. The molecule has 1 aromatic rings. The summed E-state index contributed by atoms with van der Waals surface area (Å²) < 4.78 is 37.3. The van der Waals surface area contributed by atoms with Crippen LogP contribution in [0.25, 0.3) is 0 Å². The molecule has 0 amide bonds. The van der Waals surface area contributed by atoms with Gasteiger partial charge >= 0.3 is 6.18 Å². The first-order chi connectivity index (χ1) is 7.73. The molecule has 0 saturated carbocycles. The minimum Gasteiger partial charge on any atom is -0.290 e. The summed E-state index contributed by atoms with van der Waals surface area (Å²) in [6.07, 6.45) is -4.30. The van der Waals surface area contributed by atoms with Crippen molar-refractivity contribution in [2.45, 2.75) is 12.3 Å². The van der Waals surface area contributed by atoms with Crippen molar-refractivity contribution in [3.8, 4) is 0 Å². The second-order valence-corrected chi connectivity index (χ2v) is 4.42. The molecular weight excluding hydrogens is 229 g/mol. The predicted molar refractivity (Wildman–Crippen MR) is 61.6 cm³/mol. The second-order valence-electron chi connectivity index (χ2n) is 4.42. The highest BCUT2D eigenvalue weighted by Gasteiger charge is 2.30. The Hall–Kier alpha value is -1.07. The van der Waals surface area contributed by atoms with E-state index in [0.717, 1.165) is 17.7 Å². The van der Waals surface area contributed by atoms with Gasteiger partial charge in [0, 0.05) is 0 Å². The van der Waals surface area contributed by atoms with Crippen LogP contribution in [0.15, 0.2) is 24.3 Å².